The van der Waals surface area contributed by atoms with Gasteiger partial charge in [-0.15, -0.1) is 0 Å². The Morgan fingerprint density at radius 3 is 3.00 bits per heavy atom. The fraction of sp³-hybridized carbons (Fsp3) is 0.538. The summed E-state index contributed by atoms with van der Waals surface area (Å²) in [7, 11) is 4.02. The first-order valence-electron chi connectivity index (χ1n) is 5.93. The third-order valence-electron chi connectivity index (χ3n) is 3.52. The van der Waals surface area contributed by atoms with Crippen LogP contribution in [0.25, 0.3) is 0 Å². The molecule has 1 fully saturated rings. The molecule has 0 radical (unpaired) electrons. The van der Waals surface area contributed by atoms with Crippen LogP contribution in [0.15, 0.2) is 22.7 Å². The standard InChI is InChI=1S/C13H18BrFN2/c1-16-8-9-5-6-17(2)13(9)11-7-10(14)3-4-12(11)15/h3-4,7,9,13,16H,5-6,8H2,1-2H3. The minimum Gasteiger partial charge on any atom is -0.319 e. The van der Waals surface area contributed by atoms with Crippen LogP contribution in [0.5, 0.6) is 0 Å². The van der Waals surface area contributed by atoms with Crippen LogP contribution in [-0.4, -0.2) is 32.1 Å². The molecular formula is C13H18BrFN2. The molecule has 1 aromatic rings. The van der Waals surface area contributed by atoms with E-state index in [0.29, 0.717) is 5.92 Å². The van der Waals surface area contributed by atoms with Crippen molar-refractivity contribution in [1.29, 1.82) is 0 Å². The molecule has 0 saturated carbocycles. The molecular weight excluding hydrogens is 283 g/mol. The van der Waals surface area contributed by atoms with Crippen molar-refractivity contribution in [1.82, 2.24) is 10.2 Å². The van der Waals surface area contributed by atoms with Gasteiger partial charge in [0.05, 0.1) is 0 Å². The Balaban J connectivity index is 2.32. The molecule has 1 N–H and O–H groups in total. The summed E-state index contributed by atoms with van der Waals surface area (Å²) in [6, 6.07) is 5.38. The van der Waals surface area contributed by atoms with Gasteiger partial charge in [0.25, 0.3) is 0 Å². The van der Waals surface area contributed by atoms with Crippen molar-refractivity contribution >= 4 is 15.9 Å². The van der Waals surface area contributed by atoms with Crippen LogP contribution in [0.4, 0.5) is 4.39 Å². The number of nitrogens with one attached hydrogen (secondary N) is 1. The smallest absolute Gasteiger partial charge is 0.128 e. The van der Waals surface area contributed by atoms with Crippen LogP contribution in [0.1, 0.15) is 18.0 Å². The Bertz CT molecular complexity index is 395. The van der Waals surface area contributed by atoms with E-state index < -0.39 is 0 Å². The van der Waals surface area contributed by atoms with E-state index in [2.05, 4.69) is 33.2 Å². The van der Waals surface area contributed by atoms with Gasteiger partial charge in [0.15, 0.2) is 0 Å². The second-order valence-electron chi connectivity index (χ2n) is 4.70. The van der Waals surface area contributed by atoms with Gasteiger partial charge in [-0.05, 0) is 57.7 Å². The average molecular weight is 301 g/mol. The predicted octanol–water partition coefficient (Wildman–Crippen LogP) is 2.80. The first-order valence-corrected chi connectivity index (χ1v) is 6.72. The van der Waals surface area contributed by atoms with Gasteiger partial charge in [0, 0.05) is 16.1 Å². The summed E-state index contributed by atoms with van der Waals surface area (Å²) in [5, 5.41) is 3.20. The molecule has 2 rings (SSSR count). The highest BCUT2D eigenvalue weighted by Gasteiger charge is 2.34. The van der Waals surface area contributed by atoms with Crippen molar-refractivity contribution in [2.24, 2.45) is 5.92 Å². The zero-order valence-electron chi connectivity index (χ0n) is 10.2. The van der Waals surface area contributed by atoms with Gasteiger partial charge in [-0.3, -0.25) is 4.90 Å². The summed E-state index contributed by atoms with van der Waals surface area (Å²) in [5.41, 5.74) is 0.805. The van der Waals surface area contributed by atoms with Gasteiger partial charge >= 0.3 is 0 Å². The maximum atomic E-state index is 13.9. The Labute approximate surface area is 110 Å². The molecule has 94 valence electrons. The molecule has 17 heavy (non-hydrogen) atoms. The van der Waals surface area contributed by atoms with Crippen molar-refractivity contribution in [2.45, 2.75) is 12.5 Å². The number of hydrogen-bond donors (Lipinski definition) is 1. The minimum absolute atomic E-state index is 0.104. The van der Waals surface area contributed by atoms with Crippen LogP contribution in [0, 0.1) is 11.7 Å². The third-order valence-corrected chi connectivity index (χ3v) is 4.01. The van der Waals surface area contributed by atoms with Crippen LogP contribution < -0.4 is 5.32 Å². The minimum atomic E-state index is -0.104. The summed E-state index contributed by atoms with van der Waals surface area (Å²) >= 11 is 3.42. The molecule has 0 aromatic heterocycles. The van der Waals surface area contributed by atoms with Crippen LogP contribution >= 0.6 is 15.9 Å². The summed E-state index contributed by atoms with van der Waals surface area (Å²) < 4.78 is 14.9. The summed E-state index contributed by atoms with van der Waals surface area (Å²) in [5.74, 6) is 0.377. The molecule has 0 amide bonds. The van der Waals surface area contributed by atoms with Crippen LogP contribution in [-0.2, 0) is 0 Å². The van der Waals surface area contributed by atoms with E-state index in [-0.39, 0.29) is 11.9 Å². The lowest BCUT2D eigenvalue weighted by atomic mass is 9.93. The van der Waals surface area contributed by atoms with Crippen molar-refractivity contribution in [3.8, 4) is 0 Å². The van der Waals surface area contributed by atoms with E-state index in [4.69, 9.17) is 0 Å². The molecule has 1 aromatic carbocycles. The summed E-state index contributed by atoms with van der Waals surface area (Å²) in [6.07, 6.45) is 1.12. The van der Waals surface area contributed by atoms with E-state index in [9.17, 15) is 4.39 Å². The molecule has 2 unspecified atom stereocenters. The topological polar surface area (TPSA) is 15.3 Å². The molecule has 2 atom stereocenters. The largest absolute Gasteiger partial charge is 0.319 e. The van der Waals surface area contributed by atoms with Gasteiger partial charge in [0.2, 0.25) is 0 Å². The fourth-order valence-electron chi connectivity index (χ4n) is 2.73. The van der Waals surface area contributed by atoms with Gasteiger partial charge in [0.1, 0.15) is 5.82 Å². The molecule has 0 bridgehead atoms. The Morgan fingerprint density at radius 2 is 2.29 bits per heavy atom. The Hall–Kier alpha value is -0.450. The second-order valence-corrected chi connectivity index (χ2v) is 5.61. The van der Waals surface area contributed by atoms with Gasteiger partial charge < -0.3 is 5.32 Å². The fourth-order valence-corrected chi connectivity index (χ4v) is 3.11. The zero-order valence-corrected chi connectivity index (χ0v) is 11.8. The maximum Gasteiger partial charge on any atom is 0.128 e. The predicted molar refractivity (Wildman–Crippen MR) is 71.5 cm³/mol. The highest BCUT2D eigenvalue weighted by molar-refractivity contribution is 9.10. The molecule has 4 heteroatoms. The quantitative estimate of drug-likeness (QED) is 0.923. The van der Waals surface area contributed by atoms with E-state index in [1.54, 1.807) is 12.1 Å². The van der Waals surface area contributed by atoms with Gasteiger partial charge in [-0.1, -0.05) is 15.9 Å². The van der Waals surface area contributed by atoms with Crippen LogP contribution in [0.3, 0.4) is 0 Å². The lowest BCUT2D eigenvalue weighted by Gasteiger charge is -2.26. The summed E-state index contributed by atoms with van der Waals surface area (Å²) in [4.78, 5) is 2.24. The highest BCUT2D eigenvalue weighted by atomic mass is 79.9. The van der Waals surface area contributed by atoms with Crippen molar-refractivity contribution in [2.75, 3.05) is 27.2 Å². The third kappa shape index (κ3) is 2.69. The van der Waals surface area contributed by atoms with Gasteiger partial charge in [-0.2, -0.15) is 0 Å². The number of likely N-dealkylation sites (tertiary alicyclic amines) is 1. The van der Waals surface area contributed by atoms with E-state index in [0.717, 1.165) is 29.5 Å². The number of rotatable bonds is 3. The van der Waals surface area contributed by atoms with E-state index >= 15 is 0 Å². The zero-order chi connectivity index (χ0) is 12.4. The van der Waals surface area contributed by atoms with E-state index in [1.165, 1.54) is 0 Å². The lowest BCUT2D eigenvalue weighted by molar-refractivity contribution is 0.267. The normalized spacial score (nSPS) is 25.4. The first-order chi connectivity index (χ1) is 8.13. The van der Waals surface area contributed by atoms with E-state index in [1.807, 2.05) is 13.1 Å². The van der Waals surface area contributed by atoms with Gasteiger partial charge in [-0.25, -0.2) is 4.39 Å². The van der Waals surface area contributed by atoms with Crippen molar-refractivity contribution < 1.29 is 4.39 Å². The molecule has 1 aliphatic heterocycles. The molecule has 1 saturated heterocycles. The summed E-state index contributed by atoms with van der Waals surface area (Å²) in [6.45, 7) is 1.96. The molecule has 1 heterocycles. The number of hydrogen-bond acceptors (Lipinski definition) is 2. The molecule has 0 spiro atoms. The SMILES string of the molecule is CNCC1CCN(C)C1c1cc(Br)ccc1F. The van der Waals surface area contributed by atoms with Crippen molar-refractivity contribution in [3.05, 3.63) is 34.1 Å². The number of benzene rings is 1. The number of halogens is 2. The second kappa shape index (κ2) is 5.46. The molecule has 0 aliphatic carbocycles. The lowest BCUT2D eigenvalue weighted by Crippen LogP contribution is -2.27. The maximum absolute atomic E-state index is 13.9. The molecule has 1 aliphatic rings. The first kappa shape index (κ1) is 13.0. The molecule has 2 nitrogen and oxygen atoms in total. The Kier molecular flexibility index (Phi) is 4.17. The number of nitrogens with zero attached hydrogens (tertiary/aromatic N) is 1. The van der Waals surface area contributed by atoms with Crippen LogP contribution in [0.2, 0.25) is 0 Å². The highest BCUT2D eigenvalue weighted by Crippen LogP contribution is 2.37. The van der Waals surface area contributed by atoms with Crippen molar-refractivity contribution in [3.63, 3.8) is 0 Å². The monoisotopic (exact) mass is 300 g/mol. The average Bonchev–Trinajstić information content (AvgIpc) is 2.64. The Morgan fingerprint density at radius 1 is 1.53 bits per heavy atom.